The number of hydrogen-bond acceptors (Lipinski definition) is 21. The highest BCUT2D eigenvalue weighted by Gasteiger charge is 2.91. The van der Waals surface area contributed by atoms with Crippen LogP contribution in [0, 0.1) is 57.7 Å². The Morgan fingerprint density at radius 2 is 1.36 bits per heavy atom. The lowest BCUT2D eigenvalue weighted by Gasteiger charge is -2.72. The molecular weight excluding hydrogens is 1100 g/mol. The van der Waals surface area contributed by atoms with Crippen LogP contribution in [-0.2, 0) is 62.8 Å². The van der Waals surface area contributed by atoms with Gasteiger partial charge in [0.15, 0.2) is 11.2 Å². The van der Waals surface area contributed by atoms with E-state index in [9.17, 15) is 58.8 Å². The number of carbonyl (C=O) groups is 8. The van der Waals surface area contributed by atoms with E-state index in [1.54, 1.807) is 32.0 Å². The second kappa shape index (κ2) is 18.5. The summed E-state index contributed by atoms with van der Waals surface area (Å²) in [4.78, 5) is 107. The fourth-order valence-electron chi connectivity index (χ4n) is 18.2. The summed E-state index contributed by atoms with van der Waals surface area (Å²) in [5, 5.41) is 56.7. The van der Waals surface area contributed by atoms with Crippen LogP contribution in [0.3, 0.4) is 0 Å². The Bertz CT molecular complexity index is 3370. The van der Waals surface area contributed by atoms with E-state index in [1.165, 1.54) is 71.0 Å². The van der Waals surface area contributed by atoms with Gasteiger partial charge in [0.2, 0.25) is 11.7 Å². The Morgan fingerprint density at radius 3 is 1.98 bits per heavy atom. The van der Waals surface area contributed by atoms with Crippen molar-refractivity contribution in [1.82, 2.24) is 10.6 Å². The maximum atomic E-state index is 14.5. The van der Waals surface area contributed by atoms with Crippen LogP contribution in [0.5, 0.6) is 23.0 Å². The van der Waals surface area contributed by atoms with Crippen LogP contribution in [0.15, 0.2) is 54.6 Å². The van der Waals surface area contributed by atoms with Gasteiger partial charge in [-0.05, 0) is 98.6 Å². The molecule has 0 bridgehead atoms. The van der Waals surface area contributed by atoms with Gasteiger partial charge in [-0.3, -0.25) is 28.8 Å². The molecule has 5 heterocycles. The van der Waals surface area contributed by atoms with Gasteiger partial charge >= 0.3 is 35.8 Å². The molecule has 13 rings (SSSR count). The van der Waals surface area contributed by atoms with Crippen molar-refractivity contribution < 1.29 is 101 Å². The third-order valence-electron chi connectivity index (χ3n) is 21.5. The molecule has 84 heavy (non-hydrogen) atoms. The number of esters is 6. The first-order valence-corrected chi connectivity index (χ1v) is 28.5. The molecule has 10 aliphatic rings. The summed E-state index contributed by atoms with van der Waals surface area (Å²) in [5.74, 6) is -12.2. The molecule has 2 amide bonds. The molecule has 21 atom stereocenters. The fraction of sp³-hybridized carbons (Fsp3) is 0.574. The molecule has 3 aromatic carbocycles. The summed E-state index contributed by atoms with van der Waals surface area (Å²) in [5.41, 5.74) is -6.80. The van der Waals surface area contributed by atoms with E-state index in [-0.39, 0.29) is 59.9 Å². The topological polar surface area (TPSA) is 331 Å². The molecule has 446 valence electrons. The fourth-order valence-corrected chi connectivity index (χ4v) is 18.2. The van der Waals surface area contributed by atoms with Crippen LogP contribution >= 0.6 is 0 Å². The number of fused-ring (bicyclic) bond motifs is 15. The average Bonchev–Trinajstić information content (AvgIpc) is 1.36. The SMILES string of the molecule is CC(=O)Oc1ccc2c(c1)Oc1cc(OC(C)=O)ccc1C21OC(=O)c2cc(C(=O)NCCC(=O)N[C@H]3[C@H](O)C4C([C@H](OC(C)=O)[C@H](OC(C)=O)[C@]5(C)[C@@H]6C(C[C@H](O)[C@@H]45)[C@]4(C)[C@]5(OC(=O)[C@@]4(C)O)O[C@@H]5[C@H]6C)[C@]4(C)[C@@H]3C[C@@H]3O[C@@H]3[C@@H]4O)ccc21. The second-order valence-electron chi connectivity index (χ2n) is 25.6. The number of amides is 2. The Morgan fingerprint density at radius 1 is 0.726 bits per heavy atom. The maximum absolute atomic E-state index is 14.5. The lowest BCUT2D eigenvalue weighted by atomic mass is 9.34. The number of ether oxygens (including phenoxy) is 9. The van der Waals surface area contributed by atoms with Gasteiger partial charge in [-0.25, -0.2) is 9.59 Å². The van der Waals surface area contributed by atoms with Crippen LogP contribution < -0.4 is 24.8 Å². The average molecular weight is 1160 g/mol. The molecule has 3 saturated heterocycles. The van der Waals surface area contributed by atoms with Crippen molar-refractivity contribution in [2.75, 3.05) is 6.54 Å². The zero-order chi connectivity index (χ0) is 60.0. The summed E-state index contributed by atoms with van der Waals surface area (Å²) in [6.07, 6.45) is -8.75. The van der Waals surface area contributed by atoms with Crippen molar-refractivity contribution in [3.8, 4) is 23.0 Å². The van der Waals surface area contributed by atoms with Crippen LogP contribution in [0.2, 0.25) is 0 Å². The molecule has 5 aliphatic carbocycles. The third-order valence-corrected chi connectivity index (χ3v) is 21.5. The molecule has 8 fully saturated rings. The molecule has 23 nitrogen and oxygen atoms in total. The second-order valence-corrected chi connectivity index (χ2v) is 25.6. The van der Waals surface area contributed by atoms with Gasteiger partial charge in [-0.1, -0.05) is 26.8 Å². The van der Waals surface area contributed by atoms with Crippen molar-refractivity contribution in [2.24, 2.45) is 57.7 Å². The highest BCUT2D eigenvalue weighted by atomic mass is 16.8. The molecule has 0 aromatic heterocycles. The number of hydrogen-bond donors (Lipinski definition) is 6. The highest BCUT2D eigenvalue weighted by Crippen LogP contribution is 2.79. The van der Waals surface area contributed by atoms with Gasteiger partial charge in [0.25, 0.3) is 5.91 Å². The van der Waals surface area contributed by atoms with Gasteiger partial charge in [0.05, 0.1) is 41.4 Å². The predicted molar refractivity (Wildman–Crippen MR) is 282 cm³/mol. The van der Waals surface area contributed by atoms with E-state index >= 15 is 0 Å². The van der Waals surface area contributed by atoms with Crippen molar-refractivity contribution in [2.45, 2.75) is 153 Å². The highest BCUT2D eigenvalue weighted by molar-refractivity contribution is 6.02. The van der Waals surface area contributed by atoms with Crippen LogP contribution in [-0.4, -0.2) is 141 Å². The Labute approximate surface area is 481 Å². The third kappa shape index (κ3) is 7.43. The molecule has 2 spiro atoms. The normalized spacial score (nSPS) is 41.3. The summed E-state index contributed by atoms with van der Waals surface area (Å²) in [7, 11) is 0. The Balaban J connectivity index is 0.794. The minimum atomic E-state index is -2.10. The lowest BCUT2D eigenvalue weighted by Crippen LogP contribution is -2.80. The lowest BCUT2D eigenvalue weighted by molar-refractivity contribution is -0.325. The van der Waals surface area contributed by atoms with Gasteiger partial charge in [-0.2, -0.15) is 0 Å². The summed E-state index contributed by atoms with van der Waals surface area (Å²) in [6, 6.07) is 12.4. The molecule has 5 aliphatic heterocycles. The molecule has 23 heteroatoms. The minimum Gasteiger partial charge on any atom is -0.458 e. The Hall–Kier alpha value is -7.02. The smallest absolute Gasteiger partial charge is 0.341 e. The monoisotopic (exact) mass is 1160 g/mol. The zero-order valence-electron chi connectivity index (χ0n) is 47.5. The number of carbonyl (C=O) groups excluding carboxylic acids is 8. The van der Waals surface area contributed by atoms with Gasteiger partial charge < -0.3 is 73.7 Å². The Kier molecular flexibility index (Phi) is 12.4. The number of rotatable bonds is 9. The van der Waals surface area contributed by atoms with Gasteiger partial charge in [0.1, 0.15) is 47.4 Å². The first kappa shape index (κ1) is 56.1. The minimum absolute atomic E-state index is 0.0344. The van der Waals surface area contributed by atoms with Crippen LogP contribution in [0.4, 0.5) is 0 Å². The molecule has 3 unspecified atom stereocenters. The number of nitrogens with one attached hydrogen (secondary N) is 2. The van der Waals surface area contributed by atoms with E-state index in [4.69, 9.17) is 42.6 Å². The molecule has 5 saturated carbocycles. The quantitative estimate of drug-likeness (QED) is 0.0776. The van der Waals surface area contributed by atoms with Crippen LogP contribution in [0.25, 0.3) is 0 Å². The van der Waals surface area contributed by atoms with E-state index in [0.717, 1.165) is 0 Å². The molecule has 3 aromatic rings. The van der Waals surface area contributed by atoms with Crippen molar-refractivity contribution in [3.63, 3.8) is 0 Å². The number of benzene rings is 3. The summed E-state index contributed by atoms with van der Waals surface area (Å²) >= 11 is 0. The van der Waals surface area contributed by atoms with Crippen molar-refractivity contribution in [3.05, 3.63) is 82.4 Å². The van der Waals surface area contributed by atoms with Crippen molar-refractivity contribution >= 4 is 47.6 Å². The first-order valence-electron chi connectivity index (χ1n) is 28.5. The first-order chi connectivity index (χ1) is 39.6. The van der Waals surface area contributed by atoms with Gasteiger partial charge in [0, 0.05) is 91.8 Å². The molecule has 0 radical (unpaired) electrons. The van der Waals surface area contributed by atoms with Crippen molar-refractivity contribution in [1.29, 1.82) is 0 Å². The maximum Gasteiger partial charge on any atom is 0.341 e. The van der Waals surface area contributed by atoms with E-state index < -0.39 is 177 Å². The zero-order valence-corrected chi connectivity index (χ0v) is 47.5. The van der Waals surface area contributed by atoms with E-state index in [0.29, 0.717) is 16.7 Å². The number of aliphatic hydroxyl groups is 4. The van der Waals surface area contributed by atoms with Crippen LogP contribution in [0.1, 0.15) is 119 Å². The van der Waals surface area contributed by atoms with E-state index in [1.807, 2.05) is 13.8 Å². The predicted octanol–water partition coefficient (Wildman–Crippen LogP) is 3.03. The number of epoxide rings is 2. The summed E-state index contributed by atoms with van der Waals surface area (Å²) < 4.78 is 54.2. The number of aliphatic hydroxyl groups excluding tert-OH is 3. The largest absolute Gasteiger partial charge is 0.458 e. The van der Waals surface area contributed by atoms with E-state index in [2.05, 4.69) is 10.6 Å². The van der Waals surface area contributed by atoms with Gasteiger partial charge in [-0.15, -0.1) is 0 Å². The molecular formula is C61H66N2O21. The molecule has 6 N–H and O–H groups in total. The summed E-state index contributed by atoms with van der Waals surface area (Å²) in [6.45, 7) is 13.2. The standard InChI is InChI=1S/C61H66N2O21/c1-23-43-35(58(8)59(9,75)55(74)84-61(58)51(23)82-61)21-37(68)44-42-45(49(78-26(4)66)52(57(43,44)7)79-27(5)67)56(6)36(22-40-48(81-40)50(56)71)46(47(42)70)63-41(69)16-17-62-53(72)28-10-13-32-31(18-28)54(73)83-60(32)33-14-11-29(76-24(2)64)19-38(33)80-39-20-30(77-25(3)65)12-15-34(39)60/h10-15,18-20,23,35-37,40,42-52,68,70-71,75H,16-17,21-22H2,1-9H3,(H,62,72)(H,63,69)/t23-,35?,36+,37-,40-,42?,43-,44-,45?,46+,47+,48-,49-,50-,51+,52-,56-,57+,58-,59+,61-/m0/s1.